The molecule has 0 aliphatic rings. The summed E-state index contributed by atoms with van der Waals surface area (Å²) in [6, 6.07) is 16.3. The van der Waals surface area contributed by atoms with Gasteiger partial charge in [-0.2, -0.15) is 0 Å². The Balaban J connectivity index is 2.16. The fraction of sp³-hybridized carbons (Fsp3) is 0.278. The first-order chi connectivity index (χ1) is 9.39. The van der Waals surface area contributed by atoms with Crippen molar-refractivity contribution >= 4 is 5.97 Å². The quantitative estimate of drug-likeness (QED) is 0.911. The van der Waals surface area contributed by atoms with E-state index in [0.717, 1.165) is 12.0 Å². The van der Waals surface area contributed by atoms with E-state index in [4.69, 9.17) is 0 Å². The van der Waals surface area contributed by atoms with Gasteiger partial charge in [0.25, 0.3) is 0 Å². The van der Waals surface area contributed by atoms with Crippen molar-refractivity contribution in [2.75, 3.05) is 0 Å². The number of hydrogen-bond acceptors (Lipinski definition) is 1. The summed E-state index contributed by atoms with van der Waals surface area (Å²) in [5.74, 6) is -0.802. The van der Waals surface area contributed by atoms with E-state index < -0.39 is 11.4 Å². The summed E-state index contributed by atoms with van der Waals surface area (Å²) in [5, 5.41) is 9.23. The normalized spacial score (nSPS) is 11.3. The van der Waals surface area contributed by atoms with Crippen LogP contribution in [0.4, 0.5) is 0 Å². The van der Waals surface area contributed by atoms with E-state index in [1.807, 2.05) is 24.3 Å². The summed E-state index contributed by atoms with van der Waals surface area (Å²) in [6.07, 6.45) is 0.869. The smallest absolute Gasteiger partial charge is 0.313 e. The molecule has 0 radical (unpaired) electrons. The molecule has 0 aromatic heterocycles. The lowest BCUT2D eigenvalue weighted by Crippen LogP contribution is -2.28. The first kappa shape index (κ1) is 14.3. The van der Waals surface area contributed by atoms with Gasteiger partial charge in [0.1, 0.15) is 0 Å². The van der Waals surface area contributed by atoms with Crippen molar-refractivity contribution in [2.45, 2.75) is 32.6 Å². The van der Waals surface area contributed by atoms with Gasteiger partial charge in [0.15, 0.2) is 0 Å². The molecule has 2 heteroatoms. The fourth-order valence-corrected chi connectivity index (χ4v) is 2.10. The van der Waals surface area contributed by atoms with Gasteiger partial charge in [-0.25, -0.2) is 0 Å². The molecule has 20 heavy (non-hydrogen) atoms. The van der Waals surface area contributed by atoms with Crippen molar-refractivity contribution in [1.82, 2.24) is 0 Å². The van der Waals surface area contributed by atoms with Gasteiger partial charge in [-0.05, 0) is 43.9 Å². The van der Waals surface area contributed by atoms with E-state index in [-0.39, 0.29) is 0 Å². The number of aryl methyl sites for hydroxylation is 1. The van der Waals surface area contributed by atoms with Gasteiger partial charge in [-0.3, -0.25) is 4.79 Å². The van der Waals surface area contributed by atoms with E-state index in [0.29, 0.717) is 0 Å². The van der Waals surface area contributed by atoms with Crippen molar-refractivity contribution in [3.63, 3.8) is 0 Å². The zero-order valence-corrected chi connectivity index (χ0v) is 12.2. The number of carboxylic acids is 1. The maximum atomic E-state index is 11.2. The average molecular weight is 268 g/mol. The molecule has 0 aliphatic heterocycles. The summed E-state index contributed by atoms with van der Waals surface area (Å²) in [4.78, 5) is 11.2. The molecule has 0 amide bonds. The largest absolute Gasteiger partial charge is 0.481 e. The fourth-order valence-electron chi connectivity index (χ4n) is 2.10. The highest BCUT2D eigenvalue weighted by molar-refractivity contribution is 5.80. The van der Waals surface area contributed by atoms with Gasteiger partial charge in [0.05, 0.1) is 5.41 Å². The molecule has 0 aliphatic carbocycles. The van der Waals surface area contributed by atoms with Crippen molar-refractivity contribution in [1.29, 1.82) is 0 Å². The van der Waals surface area contributed by atoms with Gasteiger partial charge < -0.3 is 5.11 Å². The lowest BCUT2D eigenvalue weighted by atomic mass is 9.84. The standard InChI is InChI=1S/C18H20O2/c1-13-4-6-14(7-5-13)12-15-8-10-16(11-9-15)18(2,3)17(19)20/h4-11H,12H2,1-3H3,(H,19,20). The Morgan fingerprint density at radius 2 is 1.40 bits per heavy atom. The van der Waals surface area contributed by atoms with Crippen molar-refractivity contribution in [3.05, 3.63) is 70.8 Å². The highest BCUT2D eigenvalue weighted by atomic mass is 16.4. The molecule has 0 saturated heterocycles. The van der Waals surface area contributed by atoms with Crippen LogP contribution in [0.15, 0.2) is 48.5 Å². The van der Waals surface area contributed by atoms with Crippen LogP contribution in [0.5, 0.6) is 0 Å². The molecule has 0 heterocycles. The summed E-state index contributed by atoms with van der Waals surface area (Å²) in [5.41, 5.74) is 3.70. The molecule has 2 aromatic carbocycles. The summed E-state index contributed by atoms with van der Waals surface area (Å²) in [7, 11) is 0. The van der Waals surface area contributed by atoms with Crippen LogP contribution < -0.4 is 0 Å². The molecule has 0 bridgehead atoms. The highest BCUT2D eigenvalue weighted by Crippen LogP contribution is 2.24. The van der Waals surface area contributed by atoms with Crippen LogP contribution in [0.2, 0.25) is 0 Å². The van der Waals surface area contributed by atoms with Crippen LogP contribution in [0.25, 0.3) is 0 Å². The van der Waals surface area contributed by atoms with Crippen molar-refractivity contribution < 1.29 is 9.90 Å². The van der Waals surface area contributed by atoms with E-state index in [2.05, 4.69) is 31.2 Å². The molecule has 0 atom stereocenters. The summed E-state index contributed by atoms with van der Waals surface area (Å²) in [6.45, 7) is 5.53. The molecule has 0 fully saturated rings. The SMILES string of the molecule is Cc1ccc(Cc2ccc(C(C)(C)C(=O)O)cc2)cc1. The van der Waals surface area contributed by atoms with Crippen molar-refractivity contribution in [2.24, 2.45) is 0 Å². The Labute approximate surface area is 120 Å². The van der Waals surface area contributed by atoms with E-state index in [1.54, 1.807) is 13.8 Å². The minimum absolute atomic E-state index is 0.802. The molecule has 2 aromatic rings. The predicted octanol–water partition coefficient (Wildman–Crippen LogP) is 3.95. The van der Waals surface area contributed by atoms with Crippen LogP contribution in [0, 0.1) is 6.92 Å². The summed E-state index contributed by atoms with van der Waals surface area (Å²) < 4.78 is 0. The zero-order valence-electron chi connectivity index (χ0n) is 12.2. The molecule has 104 valence electrons. The molecule has 0 unspecified atom stereocenters. The highest BCUT2D eigenvalue weighted by Gasteiger charge is 2.28. The number of hydrogen-bond donors (Lipinski definition) is 1. The number of rotatable bonds is 4. The third-order valence-electron chi connectivity index (χ3n) is 3.74. The van der Waals surface area contributed by atoms with Crippen LogP contribution in [-0.2, 0) is 16.6 Å². The second kappa shape index (κ2) is 5.49. The number of benzene rings is 2. The van der Waals surface area contributed by atoms with Crippen molar-refractivity contribution in [3.8, 4) is 0 Å². The third kappa shape index (κ3) is 3.08. The molecule has 1 N–H and O–H groups in total. The minimum atomic E-state index is -0.845. The maximum Gasteiger partial charge on any atom is 0.313 e. The number of aliphatic carboxylic acids is 1. The van der Waals surface area contributed by atoms with Gasteiger partial charge in [-0.1, -0.05) is 54.1 Å². The Morgan fingerprint density at radius 3 is 1.85 bits per heavy atom. The van der Waals surface area contributed by atoms with Crippen LogP contribution in [0.3, 0.4) is 0 Å². The Morgan fingerprint density at radius 1 is 0.950 bits per heavy atom. The molecule has 2 rings (SSSR count). The van der Waals surface area contributed by atoms with Crippen LogP contribution >= 0.6 is 0 Å². The number of carboxylic acid groups (broad SMARTS) is 1. The first-order valence-electron chi connectivity index (χ1n) is 6.78. The van der Waals surface area contributed by atoms with Crippen LogP contribution in [-0.4, -0.2) is 11.1 Å². The predicted molar refractivity (Wildman–Crippen MR) is 81.1 cm³/mol. The lowest BCUT2D eigenvalue weighted by molar-refractivity contribution is -0.142. The monoisotopic (exact) mass is 268 g/mol. The average Bonchev–Trinajstić information content (AvgIpc) is 2.42. The molecule has 0 saturated carbocycles. The minimum Gasteiger partial charge on any atom is -0.481 e. The molecule has 2 nitrogen and oxygen atoms in total. The summed E-state index contributed by atoms with van der Waals surface area (Å²) >= 11 is 0. The Bertz CT molecular complexity index is 592. The second-order valence-electron chi connectivity index (χ2n) is 5.79. The third-order valence-corrected chi connectivity index (χ3v) is 3.74. The molecule has 0 spiro atoms. The second-order valence-corrected chi connectivity index (χ2v) is 5.79. The zero-order chi connectivity index (χ0) is 14.8. The van der Waals surface area contributed by atoms with Crippen LogP contribution in [0.1, 0.15) is 36.1 Å². The molecular weight excluding hydrogens is 248 g/mol. The number of carbonyl (C=O) groups is 1. The van der Waals surface area contributed by atoms with E-state index >= 15 is 0 Å². The maximum absolute atomic E-state index is 11.2. The van der Waals surface area contributed by atoms with Gasteiger partial charge >= 0.3 is 5.97 Å². The molecular formula is C18H20O2. The van der Waals surface area contributed by atoms with Gasteiger partial charge in [0, 0.05) is 0 Å². The van der Waals surface area contributed by atoms with Gasteiger partial charge in [-0.15, -0.1) is 0 Å². The Kier molecular flexibility index (Phi) is 3.93. The van der Waals surface area contributed by atoms with E-state index in [1.165, 1.54) is 16.7 Å². The lowest BCUT2D eigenvalue weighted by Gasteiger charge is -2.19. The van der Waals surface area contributed by atoms with Gasteiger partial charge in [0.2, 0.25) is 0 Å². The first-order valence-corrected chi connectivity index (χ1v) is 6.78. The van der Waals surface area contributed by atoms with E-state index in [9.17, 15) is 9.90 Å². The Hall–Kier alpha value is -2.09. The topological polar surface area (TPSA) is 37.3 Å².